The number of carbonyl (C=O) groups is 1. The topological polar surface area (TPSA) is 55.6 Å². The lowest BCUT2D eigenvalue weighted by molar-refractivity contribution is 0.121. The third kappa shape index (κ3) is 3.04. The van der Waals surface area contributed by atoms with E-state index in [2.05, 4.69) is 12.2 Å². The van der Waals surface area contributed by atoms with E-state index < -0.39 is 6.09 Å². The van der Waals surface area contributed by atoms with Gasteiger partial charge in [-0.3, -0.25) is 4.90 Å². The first-order chi connectivity index (χ1) is 5.50. The number of amides is 1. The van der Waals surface area contributed by atoms with Gasteiger partial charge >= 0.3 is 6.09 Å². The van der Waals surface area contributed by atoms with Crippen LogP contribution in [0.15, 0.2) is 0 Å². The molecule has 4 nitrogen and oxygen atoms in total. The van der Waals surface area contributed by atoms with Crippen molar-refractivity contribution in [2.24, 2.45) is 5.73 Å². The van der Waals surface area contributed by atoms with Crippen molar-refractivity contribution < 1.29 is 9.53 Å². The molecule has 0 aliphatic carbocycles. The maximum atomic E-state index is 11.2. The van der Waals surface area contributed by atoms with Gasteiger partial charge < -0.3 is 10.5 Å². The molecule has 5 heteroatoms. The lowest BCUT2D eigenvalue weighted by atomic mass is 10.4. The smallest absolute Gasteiger partial charge is 0.416 e. The summed E-state index contributed by atoms with van der Waals surface area (Å²) in [6.45, 7) is 5.69. The highest BCUT2D eigenvalue weighted by Crippen LogP contribution is 2.00. The van der Waals surface area contributed by atoms with E-state index in [9.17, 15) is 4.79 Å². The van der Waals surface area contributed by atoms with E-state index in [0.717, 1.165) is 0 Å². The van der Waals surface area contributed by atoms with Crippen LogP contribution in [-0.4, -0.2) is 28.8 Å². The molecule has 0 aliphatic heterocycles. The Morgan fingerprint density at radius 3 is 2.42 bits per heavy atom. The zero-order chi connectivity index (χ0) is 9.72. The molecule has 0 unspecified atom stereocenters. The largest absolute Gasteiger partial charge is 0.449 e. The molecule has 0 fully saturated rings. The highest BCUT2D eigenvalue weighted by Gasteiger charge is 2.19. The summed E-state index contributed by atoms with van der Waals surface area (Å²) in [7, 11) is 0. The maximum absolute atomic E-state index is 11.2. The quantitative estimate of drug-likeness (QED) is 0.662. The van der Waals surface area contributed by atoms with Crippen LogP contribution in [0.5, 0.6) is 0 Å². The Labute approximate surface area is 77.7 Å². The van der Waals surface area contributed by atoms with Gasteiger partial charge in [0.05, 0.1) is 6.61 Å². The minimum Gasteiger partial charge on any atom is -0.449 e. The Bertz CT molecular complexity index is 182. The average molecular weight is 190 g/mol. The SMILES string of the molecule is CCOC(=O)N(C(N)=S)C(C)C. The average Bonchev–Trinajstić information content (AvgIpc) is 1.85. The second-order valence-electron chi connectivity index (χ2n) is 2.50. The van der Waals surface area contributed by atoms with Gasteiger partial charge in [0.25, 0.3) is 0 Å². The Morgan fingerprint density at radius 1 is 1.67 bits per heavy atom. The molecule has 0 bridgehead atoms. The molecule has 0 atom stereocenters. The lowest BCUT2D eigenvalue weighted by Gasteiger charge is -2.23. The molecule has 0 aromatic rings. The standard InChI is InChI=1S/C7H14N2O2S/c1-4-11-7(10)9(5(2)3)6(8)12/h5H,4H2,1-3H3,(H2,8,12). The summed E-state index contributed by atoms with van der Waals surface area (Å²) < 4.78 is 4.75. The Morgan fingerprint density at radius 2 is 2.17 bits per heavy atom. The van der Waals surface area contributed by atoms with Gasteiger partial charge in [0, 0.05) is 6.04 Å². The first-order valence-electron chi connectivity index (χ1n) is 3.76. The highest BCUT2D eigenvalue weighted by atomic mass is 32.1. The van der Waals surface area contributed by atoms with Crippen LogP contribution in [0.1, 0.15) is 20.8 Å². The molecule has 2 N–H and O–H groups in total. The van der Waals surface area contributed by atoms with Crippen molar-refractivity contribution in [1.29, 1.82) is 0 Å². The van der Waals surface area contributed by atoms with E-state index in [4.69, 9.17) is 10.5 Å². The fourth-order valence-corrected chi connectivity index (χ4v) is 1.03. The van der Waals surface area contributed by atoms with Gasteiger partial charge in [-0.15, -0.1) is 0 Å². The van der Waals surface area contributed by atoms with E-state index >= 15 is 0 Å². The van der Waals surface area contributed by atoms with Gasteiger partial charge in [-0.2, -0.15) is 0 Å². The van der Waals surface area contributed by atoms with Gasteiger partial charge in [0.2, 0.25) is 0 Å². The van der Waals surface area contributed by atoms with Crippen molar-refractivity contribution in [3.63, 3.8) is 0 Å². The second kappa shape index (κ2) is 4.92. The van der Waals surface area contributed by atoms with Crippen LogP contribution in [0.4, 0.5) is 4.79 Å². The molecular weight excluding hydrogens is 176 g/mol. The monoisotopic (exact) mass is 190 g/mol. The van der Waals surface area contributed by atoms with Gasteiger partial charge in [0.1, 0.15) is 0 Å². The first-order valence-corrected chi connectivity index (χ1v) is 4.17. The minimum absolute atomic E-state index is 0.0449. The van der Waals surface area contributed by atoms with Crippen molar-refractivity contribution in [1.82, 2.24) is 4.90 Å². The molecular formula is C7H14N2O2S. The summed E-state index contributed by atoms with van der Waals surface area (Å²) in [5.74, 6) is 0. The molecule has 12 heavy (non-hydrogen) atoms. The molecule has 0 rings (SSSR count). The predicted molar refractivity (Wildman–Crippen MR) is 50.8 cm³/mol. The van der Waals surface area contributed by atoms with Gasteiger partial charge in [-0.25, -0.2) is 4.79 Å². The Kier molecular flexibility index (Phi) is 4.58. The Hall–Kier alpha value is -0.840. The predicted octanol–water partition coefficient (Wildman–Crippen LogP) is 1.10. The third-order valence-corrected chi connectivity index (χ3v) is 1.42. The fraction of sp³-hybridized carbons (Fsp3) is 0.714. The minimum atomic E-state index is -0.486. The van der Waals surface area contributed by atoms with Crippen LogP contribution in [0.2, 0.25) is 0 Å². The molecule has 1 amide bonds. The van der Waals surface area contributed by atoms with E-state index in [1.165, 1.54) is 4.90 Å². The van der Waals surface area contributed by atoms with E-state index in [-0.39, 0.29) is 11.2 Å². The summed E-state index contributed by atoms with van der Waals surface area (Å²) in [6.07, 6.45) is -0.486. The van der Waals surface area contributed by atoms with Crippen molar-refractivity contribution in [3.05, 3.63) is 0 Å². The zero-order valence-electron chi connectivity index (χ0n) is 7.53. The number of nitrogens with zero attached hydrogens (tertiary/aromatic N) is 1. The molecule has 0 aliphatic rings. The van der Waals surface area contributed by atoms with Gasteiger partial charge in [0.15, 0.2) is 5.11 Å². The van der Waals surface area contributed by atoms with Gasteiger partial charge in [-0.1, -0.05) is 0 Å². The first kappa shape index (κ1) is 11.2. The number of carbonyl (C=O) groups excluding carboxylic acids is 1. The van der Waals surface area contributed by atoms with E-state index in [0.29, 0.717) is 6.61 Å². The van der Waals surface area contributed by atoms with Crippen LogP contribution < -0.4 is 5.73 Å². The third-order valence-electron chi connectivity index (χ3n) is 1.22. The molecule has 0 spiro atoms. The van der Waals surface area contributed by atoms with Gasteiger partial charge in [-0.05, 0) is 33.0 Å². The molecule has 0 aromatic carbocycles. The van der Waals surface area contributed by atoms with Crippen LogP contribution >= 0.6 is 12.2 Å². The van der Waals surface area contributed by atoms with E-state index in [1.807, 2.05) is 13.8 Å². The summed E-state index contributed by atoms with van der Waals surface area (Å²) in [6, 6.07) is -0.0680. The summed E-state index contributed by atoms with van der Waals surface area (Å²) in [4.78, 5) is 12.4. The zero-order valence-corrected chi connectivity index (χ0v) is 8.35. The number of thiocarbonyl (C=S) groups is 1. The summed E-state index contributed by atoms with van der Waals surface area (Å²) in [5, 5.41) is 0.0449. The molecule has 0 saturated heterocycles. The summed E-state index contributed by atoms with van der Waals surface area (Å²) in [5.41, 5.74) is 5.33. The van der Waals surface area contributed by atoms with Crippen LogP contribution in [0, 0.1) is 0 Å². The molecule has 0 radical (unpaired) electrons. The molecule has 0 aromatic heterocycles. The maximum Gasteiger partial charge on any atom is 0.416 e. The van der Waals surface area contributed by atoms with Crippen molar-refractivity contribution >= 4 is 23.4 Å². The number of ether oxygens (including phenoxy) is 1. The van der Waals surface area contributed by atoms with Crippen LogP contribution in [0.3, 0.4) is 0 Å². The van der Waals surface area contributed by atoms with Crippen molar-refractivity contribution in [2.75, 3.05) is 6.61 Å². The fourth-order valence-electron chi connectivity index (χ4n) is 0.748. The normalized spacial score (nSPS) is 9.67. The molecule has 0 heterocycles. The Balaban J connectivity index is 4.30. The summed E-state index contributed by atoms with van der Waals surface area (Å²) >= 11 is 4.69. The highest BCUT2D eigenvalue weighted by molar-refractivity contribution is 7.80. The molecule has 70 valence electrons. The number of hydrogen-bond donors (Lipinski definition) is 1. The van der Waals surface area contributed by atoms with Crippen molar-refractivity contribution in [3.8, 4) is 0 Å². The number of nitrogens with two attached hydrogens (primary N) is 1. The van der Waals surface area contributed by atoms with E-state index in [1.54, 1.807) is 6.92 Å². The number of rotatable bonds is 2. The van der Waals surface area contributed by atoms with Crippen LogP contribution in [0.25, 0.3) is 0 Å². The van der Waals surface area contributed by atoms with Crippen LogP contribution in [-0.2, 0) is 4.74 Å². The number of hydrogen-bond acceptors (Lipinski definition) is 3. The van der Waals surface area contributed by atoms with Crippen molar-refractivity contribution in [2.45, 2.75) is 26.8 Å². The lowest BCUT2D eigenvalue weighted by Crippen LogP contribution is -2.45. The molecule has 0 saturated carbocycles. The second-order valence-corrected chi connectivity index (χ2v) is 2.92.